The Morgan fingerprint density at radius 3 is 2.09 bits per heavy atom. The molecule has 1 aromatic carbocycles. The van der Waals surface area contributed by atoms with Gasteiger partial charge in [-0.3, -0.25) is 0 Å². The highest BCUT2D eigenvalue weighted by molar-refractivity contribution is 7.89. The molecule has 0 N–H and O–H groups in total. The summed E-state index contributed by atoms with van der Waals surface area (Å²) in [4.78, 5) is 9.31. The first-order chi connectivity index (χ1) is 17.0. The highest BCUT2D eigenvalue weighted by Crippen LogP contribution is 2.28. The smallest absolute Gasteiger partial charge is 0.243 e. The lowest BCUT2D eigenvalue weighted by Gasteiger charge is -2.35. The van der Waals surface area contributed by atoms with Crippen molar-refractivity contribution in [2.75, 3.05) is 49.1 Å². The van der Waals surface area contributed by atoms with Crippen LogP contribution in [0.5, 0.6) is 0 Å². The van der Waals surface area contributed by atoms with Crippen molar-refractivity contribution in [3.8, 4) is 11.3 Å². The maximum Gasteiger partial charge on any atom is 0.243 e. The fourth-order valence-corrected chi connectivity index (χ4v) is 6.58. The number of aromatic nitrogens is 3. The van der Waals surface area contributed by atoms with E-state index in [-0.39, 0.29) is 0 Å². The highest BCUT2D eigenvalue weighted by atomic mass is 32.2. The van der Waals surface area contributed by atoms with Crippen molar-refractivity contribution in [3.05, 3.63) is 60.3 Å². The van der Waals surface area contributed by atoms with Gasteiger partial charge in [0, 0.05) is 51.0 Å². The molecule has 8 nitrogen and oxygen atoms in total. The third-order valence-corrected chi connectivity index (χ3v) is 8.93. The Kier molecular flexibility index (Phi) is 6.97. The van der Waals surface area contributed by atoms with Crippen LogP contribution in [0, 0.1) is 6.92 Å². The Hall–Kier alpha value is -3.04. The monoisotopic (exact) mass is 492 g/mol. The van der Waals surface area contributed by atoms with Crippen molar-refractivity contribution >= 4 is 21.7 Å². The van der Waals surface area contributed by atoms with E-state index in [1.54, 1.807) is 10.4 Å². The molecule has 0 aliphatic carbocycles. The molecule has 184 valence electrons. The van der Waals surface area contributed by atoms with Crippen molar-refractivity contribution in [1.82, 2.24) is 19.5 Å². The fraction of sp³-hybridized carbons (Fsp3) is 0.423. The summed E-state index contributed by atoms with van der Waals surface area (Å²) >= 11 is 0. The summed E-state index contributed by atoms with van der Waals surface area (Å²) in [5, 5.41) is 8.93. The van der Waals surface area contributed by atoms with Gasteiger partial charge in [-0.15, -0.1) is 10.2 Å². The summed E-state index contributed by atoms with van der Waals surface area (Å²) < 4.78 is 28.5. The summed E-state index contributed by atoms with van der Waals surface area (Å²) in [5.41, 5.74) is 2.20. The lowest BCUT2D eigenvalue weighted by atomic mass is 10.1. The molecule has 0 saturated carbocycles. The van der Waals surface area contributed by atoms with Gasteiger partial charge in [0.15, 0.2) is 5.82 Å². The number of aryl methyl sites for hydroxylation is 1. The molecule has 0 bridgehead atoms. The third kappa shape index (κ3) is 5.16. The van der Waals surface area contributed by atoms with Gasteiger partial charge in [0.1, 0.15) is 5.82 Å². The van der Waals surface area contributed by atoms with Gasteiger partial charge in [-0.1, -0.05) is 31.0 Å². The maximum atomic E-state index is 13.4. The molecule has 2 aliphatic rings. The van der Waals surface area contributed by atoms with Gasteiger partial charge in [-0.2, -0.15) is 4.31 Å². The number of sulfonamides is 1. The lowest BCUT2D eigenvalue weighted by molar-refractivity contribution is 0.423. The Morgan fingerprint density at radius 2 is 1.46 bits per heavy atom. The van der Waals surface area contributed by atoms with Gasteiger partial charge < -0.3 is 9.80 Å². The molecule has 2 fully saturated rings. The number of nitrogens with zero attached hydrogens (tertiary/aromatic N) is 6. The molecule has 0 radical (unpaired) electrons. The number of pyridine rings is 1. The van der Waals surface area contributed by atoms with E-state index in [9.17, 15) is 8.42 Å². The molecule has 0 spiro atoms. The average molecular weight is 493 g/mol. The second-order valence-corrected chi connectivity index (χ2v) is 11.1. The zero-order chi connectivity index (χ0) is 24.3. The molecule has 0 unspecified atom stereocenters. The van der Waals surface area contributed by atoms with Gasteiger partial charge in [0.25, 0.3) is 0 Å². The minimum atomic E-state index is -3.53. The summed E-state index contributed by atoms with van der Waals surface area (Å²) in [6, 6.07) is 15.4. The molecule has 2 aliphatic heterocycles. The normalized spacial score (nSPS) is 17.9. The quantitative estimate of drug-likeness (QED) is 0.537. The lowest BCUT2D eigenvalue weighted by Crippen LogP contribution is -2.47. The number of hydrogen-bond acceptors (Lipinski definition) is 7. The Bertz CT molecular complexity index is 1230. The molecule has 0 amide bonds. The van der Waals surface area contributed by atoms with Crippen LogP contribution in [0.1, 0.15) is 31.2 Å². The number of rotatable bonds is 5. The van der Waals surface area contributed by atoms with E-state index in [2.05, 4.69) is 25.0 Å². The second-order valence-electron chi connectivity index (χ2n) is 9.24. The van der Waals surface area contributed by atoms with Crippen LogP contribution in [0.4, 0.5) is 11.6 Å². The fourth-order valence-electron chi connectivity index (χ4n) is 4.81. The molecule has 9 heteroatoms. The molecule has 35 heavy (non-hydrogen) atoms. The van der Waals surface area contributed by atoms with Crippen LogP contribution < -0.4 is 9.80 Å². The third-order valence-electron chi connectivity index (χ3n) is 6.89. The molecule has 2 aromatic heterocycles. The van der Waals surface area contributed by atoms with Gasteiger partial charge in [0.05, 0.1) is 10.6 Å². The van der Waals surface area contributed by atoms with E-state index >= 15 is 0 Å². The topological polar surface area (TPSA) is 82.5 Å². The van der Waals surface area contributed by atoms with Crippen molar-refractivity contribution in [1.29, 1.82) is 0 Å². The van der Waals surface area contributed by atoms with E-state index in [0.29, 0.717) is 23.7 Å². The van der Waals surface area contributed by atoms with Crippen molar-refractivity contribution in [2.24, 2.45) is 0 Å². The average Bonchev–Trinajstić information content (AvgIpc) is 3.20. The number of hydrogen-bond donors (Lipinski definition) is 0. The van der Waals surface area contributed by atoms with Gasteiger partial charge in [-0.05, 0) is 55.7 Å². The first-order valence-electron chi connectivity index (χ1n) is 12.4. The van der Waals surface area contributed by atoms with Crippen LogP contribution >= 0.6 is 0 Å². The minimum Gasteiger partial charge on any atom is -0.353 e. The standard InChI is InChI=1S/C26H32N6O2S/c1-21-9-10-22(20-24(21)35(33,34)32-14-6-2-3-7-15-32)23-11-12-26(29-28-23)31-18-16-30(17-19-31)25-8-4-5-13-27-25/h4-5,8-13,20H,2-3,6-7,14-19H2,1H3. The number of piperazine rings is 1. The Labute approximate surface area is 207 Å². The predicted molar refractivity (Wildman–Crippen MR) is 138 cm³/mol. The van der Waals surface area contributed by atoms with E-state index < -0.39 is 10.0 Å². The Morgan fingerprint density at radius 1 is 0.743 bits per heavy atom. The summed E-state index contributed by atoms with van der Waals surface area (Å²) in [7, 11) is -3.53. The van der Waals surface area contributed by atoms with Crippen LogP contribution in [0.25, 0.3) is 11.3 Å². The second kappa shape index (κ2) is 10.3. The maximum absolute atomic E-state index is 13.4. The SMILES string of the molecule is Cc1ccc(-c2ccc(N3CCN(c4ccccn4)CC3)nn2)cc1S(=O)(=O)N1CCCCCC1. The Balaban J connectivity index is 1.31. The summed E-state index contributed by atoms with van der Waals surface area (Å²) in [5.74, 6) is 1.83. The summed E-state index contributed by atoms with van der Waals surface area (Å²) in [6.45, 7) is 6.46. The molecule has 2 saturated heterocycles. The van der Waals surface area contributed by atoms with E-state index in [1.807, 2.05) is 55.6 Å². The molecular weight excluding hydrogens is 460 g/mol. The van der Waals surface area contributed by atoms with Gasteiger partial charge in [-0.25, -0.2) is 13.4 Å². The van der Waals surface area contributed by atoms with Gasteiger partial charge in [0.2, 0.25) is 10.0 Å². The van der Waals surface area contributed by atoms with E-state index in [4.69, 9.17) is 0 Å². The van der Waals surface area contributed by atoms with Crippen LogP contribution in [0.2, 0.25) is 0 Å². The van der Waals surface area contributed by atoms with Crippen LogP contribution in [-0.2, 0) is 10.0 Å². The molecule has 5 rings (SSSR count). The largest absolute Gasteiger partial charge is 0.353 e. The van der Waals surface area contributed by atoms with Gasteiger partial charge >= 0.3 is 0 Å². The zero-order valence-electron chi connectivity index (χ0n) is 20.2. The van der Waals surface area contributed by atoms with Crippen molar-refractivity contribution in [2.45, 2.75) is 37.5 Å². The summed E-state index contributed by atoms with van der Waals surface area (Å²) in [6.07, 6.45) is 5.83. The number of anilines is 2. The van der Waals surface area contributed by atoms with Crippen LogP contribution in [0.3, 0.4) is 0 Å². The zero-order valence-corrected chi connectivity index (χ0v) is 21.0. The van der Waals surface area contributed by atoms with Crippen molar-refractivity contribution in [3.63, 3.8) is 0 Å². The van der Waals surface area contributed by atoms with Crippen molar-refractivity contribution < 1.29 is 8.42 Å². The first-order valence-corrected chi connectivity index (χ1v) is 13.8. The van der Waals surface area contributed by atoms with Crippen LogP contribution in [-0.4, -0.2) is 67.2 Å². The number of benzene rings is 1. The van der Waals surface area contributed by atoms with Crippen LogP contribution in [0.15, 0.2) is 59.6 Å². The van der Waals surface area contributed by atoms with E-state index in [0.717, 1.165) is 74.6 Å². The molecule has 0 atom stereocenters. The molecule has 4 heterocycles. The molecular formula is C26H32N6O2S. The first kappa shape index (κ1) is 23.7. The minimum absolute atomic E-state index is 0.369. The highest BCUT2D eigenvalue weighted by Gasteiger charge is 2.27. The molecule has 3 aromatic rings. The van der Waals surface area contributed by atoms with E-state index in [1.165, 1.54) is 0 Å². The predicted octanol–water partition coefficient (Wildman–Crippen LogP) is 3.74.